The fourth-order valence-corrected chi connectivity index (χ4v) is 1.15. The first kappa shape index (κ1) is 13.4. The molecule has 0 heterocycles. The predicted molar refractivity (Wildman–Crippen MR) is 56.9 cm³/mol. The van der Waals surface area contributed by atoms with Crippen LogP contribution in [0.3, 0.4) is 0 Å². The van der Waals surface area contributed by atoms with E-state index in [1.54, 1.807) is 0 Å². The van der Waals surface area contributed by atoms with Crippen molar-refractivity contribution in [2.75, 3.05) is 13.2 Å². The summed E-state index contributed by atoms with van der Waals surface area (Å²) in [6.07, 6.45) is -0.0538. The molecule has 0 saturated heterocycles. The van der Waals surface area contributed by atoms with Crippen molar-refractivity contribution in [1.82, 2.24) is 5.32 Å². The largest absolute Gasteiger partial charge is 0.508 e. The molecule has 0 aliphatic rings. The second kappa shape index (κ2) is 5.58. The number of amides is 1. The first-order valence-corrected chi connectivity index (χ1v) is 4.96. The number of hydrogen-bond donors (Lipinski definition) is 3. The van der Waals surface area contributed by atoms with Crippen LogP contribution in [-0.4, -0.2) is 35.2 Å². The average Bonchev–Trinajstić information content (AvgIpc) is 2.30. The number of aliphatic hydroxyl groups is 1. The number of carbonyl (C=O) groups excluding carboxylic acids is 1. The van der Waals surface area contributed by atoms with Crippen LogP contribution >= 0.6 is 0 Å². The van der Waals surface area contributed by atoms with Gasteiger partial charge in [0.05, 0.1) is 13.0 Å². The Hall–Kier alpha value is -1.69. The Labute approximate surface area is 96.9 Å². The van der Waals surface area contributed by atoms with Crippen molar-refractivity contribution in [1.29, 1.82) is 0 Å². The Kier molecular flexibility index (Phi) is 4.39. The van der Waals surface area contributed by atoms with E-state index >= 15 is 0 Å². The minimum absolute atomic E-state index is 0.0538. The Bertz CT molecular complexity index is 379. The molecule has 0 radical (unpaired) electrons. The monoisotopic (exact) mass is 245 g/mol. The summed E-state index contributed by atoms with van der Waals surface area (Å²) in [6, 6.07) is 5.87. The molecule has 0 spiro atoms. The van der Waals surface area contributed by atoms with Crippen LogP contribution in [0.1, 0.15) is 5.56 Å². The van der Waals surface area contributed by atoms with E-state index < -0.39 is 25.0 Å². The van der Waals surface area contributed by atoms with Crippen molar-refractivity contribution in [3.05, 3.63) is 29.8 Å². The summed E-state index contributed by atoms with van der Waals surface area (Å²) >= 11 is 0. The highest BCUT2D eigenvalue weighted by atomic mass is 19.3. The molecule has 0 aliphatic carbocycles. The van der Waals surface area contributed by atoms with Gasteiger partial charge in [0.15, 0.2) is 0 Å². The van der Waals surface area contributed by atoms with Crippen LogP contribution in [0.2, 0.25) is 0 Å². The molecule has 17 heavy (non-hydrogen) atoms. The van der Waals surface area contributed by atoms with Crippen molar-refractivity contribution in [2.24, 2.45) is 0 Å². The number of carbonyl (C=O) groups is 1. The maximum atomic E-state index is 12.6. The number of alkyl halides is 2. The van der Waals surface area contributed by atoms with E-state index in [0.29, 0.717) is 5.56 Å². The van der Waals surface area contributed by atoms with Gasteiger partial charge < -0.3 is 15.5 Å². The summed E-state index contributed by atoms with van der Waals surface area (Å²) in [6.45, 7) is -2.19. The third kappa shape index (κ3) is 4.78. The van der Waals surface area contributed by atoms with Crippen LogP contribution in [0.5, 0.6) is 5.75 Å². The van der Waals surface area contributed by atoms with Crippen LogP contribution in [0, 0.1) is 0 Å². The molecule has 0 atom stereocenters. The first-order valence-electron chi connectivity index (χ1n) is 4.96. The van der Waals surface area contributed by atoms with Gasteiger partial charge in [0.2, 0.25) is 5.91 Å². The van der Waals surface area contributed by atoms with Gasteiger partial charge in [-0.25, -0.2) is 8.78 Å². The van der Waals surface area contributed by atoms with E-state index in [1.165, 1.54) is 24.3 Å². The maximum Gasteiger partial charge on any atom is 0.287 e. The minimum Gasteiger partial charge on any atom is -0.508 e. The number of hydrogen-bond acceptors (Lipinski definition) is 3. The molecule has 94 valence electrons. The van der Waals surface area contributed by atoms with E-state index in [9.17, 15) is 13.6 Å². The molecule has 0 aromatic heterocycles. The highest BCUT2D eigenvalue weighted by molar-refractivity contribution is 5.78. The number of aliphatic hydroxyl groups excluding tert-OH is 1. The molecule has 1 rings (SSSR count). The van der Waals surface area contributed by atoms with E-state index in [0.717, 1.165) is 0 Å². The van der Waals surface area contributed by atoms with E-state index in [-0.39, 0.29) is 12.2 Å². The number of rotatable bonds is 5. The van der Waals surface area contributed by atoms with Crippen molar-refractivity contribution in [3.63, 3.8) is 0 Å². The summed E-state index contributed by atoms with van der Waals surface area (Å²) in [5.41, 5.74) is 0.604. The van der Waals surface area contributed by atoms with Crippen LogP contribution in [-0.2, 0) is 11.2 Å². The number of phenolic OH excluding ortho intramolecular Hbond substituents is 1. The second-order valence-corrected chi connectivity index (χ2v) is 3.63. The maximum absolute atomic E-state index is 12.6. The molecule has 0 unspecified atom stereocenters. The summed E-state index contributed by atoms with van der Waals surface area (Å²) in [5, 5.41) is 19.3. The highest BCUT2D eigenvalue weighted by Gasteiger charge is 2.27. The number of benzene rings is 1. The lowest BCUT2D eigenvalue weighted by atomic mass is 10.1. The van der Waals surface area contributed by atoms with Gasteiger partial charge in [-0.2, -0.15) is 0 Å². The SMILES string of the molecule is O=C(Cc1ccc(O)cc1)NCC(F)(F)CO. The zero-order chi connectivity index (χ0) is 12.9. The molecular weight excluding hydrogens is 232 g/mol. The Morgan fingerprint density at radius 3 is 2.41 bits per heavy atom. The van der Waals surface area contributed by atoms with Gasteiger partial charge in [-0.05, 0) is 17.7 Å². The fourth-order valence-electron chi connectivity index (χ4n) is 1.15. The molecule has 0 aliphatic heterocycles. The van der Waals surface area contributed by atoms with E-state index in [2.05, 4.69) is 0 Å². The van der Waals surface area contributed by atoms with Crippen LogP contribution in [0.15, 0.2) is 24.3 Å². The molecule has 1 amide bonds. The van der Waals surface area contributed by atoms with Gasteiger partial charge in [-0.15, -0.1) is 0 Å². The third-order valence-corrected chi connectivity index (χ3v) is 2.08. The Morgan fingerprint density at radius 1 is 1.29 bits per heavy atom. The summed E-state index contributed by atoms with van der Waals surface area (Å²) < 4.78 is 25.2. The minimum atomic E-state index is -3.30. The lowest BCUT2D eigenvalue weighted by Gasteiger charge is -2.13. The zero-order valence-electron chi connectivity index (χ0n) is 8.99. The van der Waals surface area contributed by atoms with Crippen molar-refractivity contribution in [3.8, 4) is 5.75 Å². The van der Waals surface area contributed by atoms with Crippen LogP contribution < -0.4 is 5.32 Å². The number of phenols is 1. The normalized spacial score (nSPS) is 11.2. The van der Waals surface area contributed by atoms with Gasteiger partial charge in [0.1, 0.15) is 12.4 Å². The predicted octanol–water partition coefficient (Wildman–Crippen LogP) is 0.678. The summed E-state index contributed by atoms with van der Waals surface area (Å²) in [7, 11) is 0. The van der Waals surface area contributed by atoms with Gasteiger partial charge in [-0.3, -0.25) is 4.79 Å². The lowest BCUT2D eigenvalue weighted by Crippen LogP contribution is -2.39. The molecule has 1 aromatic carbocycles. The van der Waals surface area contributed by atoms with Crippen LogP contribution in [0.25, 0.3) is 0 Å². The van der Waals surface area contributed by atoms with E-state index in [4.69, 9.17) is 10.2 Å². The molecule has 0 bridgehead atoms. The summed E-state index contributed by atoms with van der Waals surface area (Å²) in [5.74, 6) is -3.80. The van der Waals surface area contributed by atoms with Gasteiger partial charge in [0.25, 0.3) is 5.92 Å². The van der Waals surface area contributed by atoms with Gasteiger partial charge in [0, 0.05) is 0 Å². The van der Waals surface area contributed by atoms with Gasteiger partial charge in [-0.1, -0.05) is 12.1 Å². The van der Waals surface area contributed by atoms with Gasteiger partial charge >= 0.3 is 0 Å². The third-order valence-electron chi connectivity index (χ3n) is 2.08. The van der Waals surface area contributed by atoms with E-state index in [1.807, 2.05) is 5.32 Å². The van der Waals surface area contributed by atoms with Crippen molar-refractivity contribution >= 4 is 5.91 Å². The molecule has 4 nitrogen and oxygen atoms in total. The van der Waals surface area contributed by atoms with Crippen LogP contribution in [0.4, 0.5) is 8.78 Å². The number of halogens is 2. The molecule has 0 fully saturated rings. The topological polar surface area (TPSA) is 69.6 Å². The number of nitrogens with one attached hydrogen (secondary N) is 1. The molecule has 3 N–H and O–H groups in total. The fraction of sp³-hybridized carbons (Fsp3) is 0.364. The first-order chi connectivity index (χ1) is 7.93. The molecule has 6 heteroatoms. The average molecular weight is 245 g/mol. The highest BCUT2D eigenvalue weighted by Crippen LogP contribution is 2.11. The Balaban J connectivity index is 2.42. The van der Waals surface area contributed by atoms with Crippen molar-refractivity contribution in [2.45, 2.75) is 12.3 Å². The number of aromatic hydroxyl groups is 1. The lowest BCUT2D eigenvalue weighted by molar-refractivity contribution is -0.123. The standard InChI is InChI=1S/C11H13F2NO3/c12-11(13,7-15)6-14-10(17)5-8-1-3-9(16)4-2-8/h1-4,15-16H,5-7H2,(H,14,17). The smallest absolute Gasteiger partial charge is 0.287 e. The molecule has 0 saturated carbocycles. The zero-order valence-corrected chi connectivity index (χ0v) is 8.99. The Morgan fingerprint density at radius 2 is 1.88 bits per heavy atom. The molecule has 1 aromatic rings. The summed E-state index contributed by atoms with van der Waals surface area (Å²) in [4.78, 5) is 11.3. The molecular formula is C11H13F2NO3. The van der Waals surface area contributed by atoms with Crippen molar-refractivity contribution < 1.29 is 23.8 Å². The quantitative estimate of drug-likeness (QED) is 0.714. The second-order valence-electron chi connectivity index (χ2n) is 3.63.